The molecule has 1 aromatic carbocycles. The van der Waals surface area contributed by atoms with Gasteiger partial charge in [0.2, 0.25) is 0 Å². The van der Waals surface area contributed by atoms with Gasteiger partial charge >= 0.3 is 6.03 Å². The lowest BCUT2D eigenvalue weighted by atomic mass is 10.1. The summed E-state index contributed by atoms with van der Waals surface area (Å²) in [5.41, 5.74) is 1.56. The fourth-order valence-electron chi connectivity index (χ4n) is 2.10. The fraction of sp³-hybridized carbons (Fsp3) is 0.286. The van der Waals surface area contributed by atoms with Crippen LogP contribution in [0.2, 0.25) is 0 Å². The van der Waals surface area contributed by atoms with Gasteiger partial charge in [-0.1, -0.05) is 6.07 Å². The van der Waals surface area contributed by atoms with Gasteiger partial charge in [-0.2, -0.15) is 5.10 Å². The second-order valence-electron chi connectivity index (χ2n) is 4.71. The number of nitrogens with one attached hydrogen (secondary N) is 3. The highest BCUT2D eigenvalue weighted by Crippen LogP contribution is 2.32. The number of ether oxygens (including phenoxy) is 2. The molecule has 0 fully saturated rings. The summed E-state index contributed by atoms with van der Waals surface area (Å²) in [6.07, 6.45) is 3.14. The van der Waals surface area contributed by atoms with Crippen molar-refractivity contribution in [2.24, 2.45) is 0 Å². The van der Waals surface area contributed by atoms with Crippen LogP contribution in [0.1, 0.15) is 18.5 Å². The average molecular weight is 288 g/mol. The smallest absolute Gasteiger partial charge is 0.319 e. The molecule has 1 aliphatic heterocycles. The van der Waals surface area contributed by atoms with Gasteiger partial charge in [-0.05, 0) is 24.6 Å². The van der Waals surface area contributed by atoms with Crippen LogP contribution in [0.15, 0.2) is 30.6 Å². The summed E-state index contributed by atoms with van der Waals surface area (Å²) in [7, 11) is 0. The molecule has 2 heterocycles. The maximum absolute atomic E-state index is 11.9. The van der Waals surface area contributed by atoms with Crippen LogP contribution in [0.3, 0.4) is 0 Å². The summed E-state index contributed by atoms with van der Waals surface area (Å²) >= 11 is 0. The molecular weight excluding hydrogens is 272 g/mol. The number of amides is 2. The summed E-state index contributed by atoms with van der Waals surface area (Å²) < 4.78 is 11.0. The van der Waals surface area contributed by atoms with Crippen molar-refractivity contribution >= 4 is 11.7 Å². The standard InChI is InChI=1S/C14H16N4O3/c1-9(17-14(19)18-11-7-15-16-8-11)10-2-3-12-13(6-10)21-5-4-20-12/h2-3,6-9H,4-5H2,1H3,(H,15,16)(H2,17,18,19). The molecule has 7 nitrogen and oxygen atoms in total. The zero-order chi connectivity index (χ0) is 14.7. The van der Waals surface area contributed by atoms with E-state index in [1.54, 1.807) is 6.20 Å². The lowest BCUT2D eigenvalue weighted by Crippen LogP contribution is -2.31. The molecule has 1 aromatic heterocycles. The Balaban J connectivity index is 1.64. The van der Waals surface area contributed by atoms with Crippen LogP contribution in [0.4, 0.5) is 10.5 Å². The number of fused-ring (bicyclic) bond motifs is 1. The van der Waals surface area contributed by atoms with Crippen LogP contribution in [-0.2, 0) is 0 Å². The predicted molar refractivity (Wildman–Crippen MR) is 76.6 cm³/mol. The first-order chi connectivity index (χ1) is 10.2. The number of hydrogen-bond donors (Lipinski definition) is 3. The number of nitrogens with zero attached hydrogens (tertiary/aromatic N) is 1. The number of urea groups is 1. The number of H-pyrrole nitrogens is 1. The van der Waals surface area contributed by atoms with Crippen molar-refractivity contribution in [2.45, 2.75) is 13.0 Å². The molecule has 2 aromatic rings. The molecule has 2 amide bonds. The second kappa shape index (κ2) is 5.74. The maximum Gasteiger partial charge on any atom is 0.319 e. The normalized spacial score (nSPS) is 14.3. The Morgan fingerprint density at radius 3 is 2.90 bits per heavy atom. The highest BCUT2D eigenvalue weighted by Gasteiger charge is 2.15. The number of aromatic amines is 1. The zero-order valence-corrected chi connectivity index (χ0v) is 11.6. The van der Waals surface area contributed by atoms with Gasteiger partial charge in [0.1, 0.15) is 13.2 Å². The number of hydrogen-bond acceptors (Lipinski definition) is 4. The Labute approximate surface area is 121 Å². The van der Waals surface area contributed by atoms with E-state index in [-0.39, 0.29) is 12.1 Å². The number of anilines is 1. The predicted octanol–water partition coefficient (Wildman–Crippen LogP) is 2.06. The lowest BCUT2D eigenvalue weighted by Gasteiger charge is -2.21. The minimum Gasteiger partial charge on any atom is -0.486 e. The van der Waals surface area contributed by atoms with Crippen LogP contribution < -0.4 is 20.1 Å². The number of aromatic nitrogens is 2. The van der Waals surface area contributed by atoms with Crippen molar-refractivity contribution < 1.29 is 14.3 Å². The quantitative estimate of drug-likeness (QED) is 0.806. The van der Waals surface area contributed by atoms with E-state index in [2.05, 4.69) is 20.8 Å². The molecule has 1 atom stereocenters. The van der Waals surface area contributed by atoms with Crippen LogP contribution in [0, 0.1) is 0 Å². The number of carbonyl (C=O) groups is 1. The van der Waals surface area contributed by atoms with Gasteiger partial charge in [0.05, 0.1) is 17.9 Å². The maximum atomic E-state index is 11.9. The van der Waals surface area contributed by atoms with Crippen LogP contribution in [0.5, 0.6) is 11.5 Å². The number of rotatable bonds is 3. The van der Waals surface area contributed by atoms with Gasteiger partial charge in [-0.15, -0.1) is 0 Å². The third-order valence-electron chi connectivity index (χ3n) is 3.17. The first-order valence-electron chi connectivity index (χ1n) is 6.68. The molecule has 110 valence electrons. The van der Waals surface area contributed by atoms with E-state index in [0.29, 0.717) is 24.7 Å². The molecule has 0 aliphatic carbocycles. The summed E-state index contributed by atoms with van der Waals surface area (Å²) in [6, 6.07) is 5.20. The molecule has 3 N–H and O–H groups in total. The van der Waals surface area contributed by atoms with Gasteiger partial charge in [0.15, 0.2) is 11.5 Å². The third-order valence-corrected chi connectivity index (χ3v) is 3.17. The molecule has 21 heavy (non-hydrogen) atoms. The Hall–Kier alpha value is -2.70. The van der Waals surface area contributed by atoms with Gasteiger partial charge in [-0.3, -0.25) is 5.10 Å². The molecule has 0 saturated heterocycles. The summed E-state index contributed by atoms with van der Waals surface area (Å²) in [5, 5.41) is 11.9. The van der Waals surface area contributed by atoms with Crippen molar-refractivity contribution in [3.8, 4) is 11.5 Å². The highest BCUT2D eigenvalue weighted by molar-refractivity contribution is 5.89. The summed E-state index contributed by atoms with van der Waals surface area (Å²) in [6.45, 7) is 3.01. The molecule has 0 saturated carbocycles. The number of benzene rings is 1. The van der Waals surface area contributed by atoms with E-state index in [0.717, 1.165) is 11.3 Å². The first-order valence-corrected chi connectivity index (χ1v) is 6.68. The van der Waals surface area contributed by atoms with Crippen molar-refractivity contribution in [2.75, 3.05) is 18.5 Å². The molecule has 1 unspecified atom stereocenters. The first kappa shape index (κ1) is 13.3. The summed E-state index contributed by atoms with van der Waals surface area (Å²) in [5.74, 6) is 1.45. The SMILES string of the molecule is CC(NC(=O)Nc1cn[nH]c1)c1ccc2c(c1)OCCO2. The Morgan fingerprint density at radius 1 is 1.33 bits per heavy atom. The largest absolute Gasteiger partial charge is 0.486 e. The van der Waals surface area contributed by atoms with E-state index >= 15 is 0 Å². The van der Waals surface area contributed by atoms with E-state index in [1.807, 2.05) is 25.1 Å². The molecule has 1 aliphatic rings. The van der Waals surface area contributed by atoms with Crippen molar-refractivity contribution in [1.82, 2.24) is 15.5 Å². The van der Waals surface area contributed by atoms with Crippen molar-refractivity contribution in [3.63, 3.8) is 0 Å². The van der Waals surface area contributed by atoms with E-state index in [1.165, 1.54) is 6.20 Å². The van der Waals surface area contributed by atoms with E-state index in [4.69, 9.17) is 9.47 Å². The zero-order valence-electron chi connectivity index (χ0n) is 11.6. The van der Waals surface area contributed by atoms with Gasteiger partial charge in [0, 0.05) is 6.20 Å². The lowest BCUT2D eigenvalue weighted by molar-refractivity contribution is 0.171. The molecule has 0 spiro atoms. The second-order valence-corrected chi connectivity index (χ2v) is 4.71. The molecule has 0 radical (unpaired) electrons. The van der Waals surface area contributed by atoms with E-state index in [9.17, 15) is 4.79 Å². The minimum absolute atomic E-state index is 0.160. The van der Waals surface area contributed by atoms with Crippen molar-refractivity contribution in [1.29, 1.82) is 0 Å². The molecular formula is C14H16N4O3. The van der Waals surface area contributed by atoms with Crippen molar-refractivity contribution in [3.05, 3.63) is 36.2 Å². The fourth-order valence-corrected chi connectivity index (χ4v) is 2.10. The Bertz CT molecular complexity index is 627. The van der Waals surface area contributed by atoms with Gasteiger partial charge in [0.25, 0.3) is 0 Å². The van der Waals surface area contributed by atoms with Crippen LogP contribution >= 0.6 is 0 Å². The van der Waals surface area contributed by atoms with Crippen LogP contribution in [-0.4, -0.2) is 29.4 Å². The monoisotopic (exact) mass is 288 g/mol. The molecule has 7 heteroatoms. The van der Waals surface area contributed by atoms with Gasteiger partial charge in [-0.25, -0.2) is 4.79 Å². The summed E-state index contributed by atoms with van der Waals surface area (Å²) in [4.78, 5) is 11.9. The molecule has 3 rings (SSSR count). The van der Waals surface area contributed by atoms with Gasteiger partial charge < -0.3 is 20.1 Å². The molecule has 0 bridgehead atoms. The third kappa shape index (κ3) is 3.07. The van der Waals surface area contributed by atoms with Crippen LogP contribution in [0.25, 0.3) is 0 Å². The van der Waals surface area contributed by atoms with E-state index < -0.39 is 0 Å². The highest BCUT2D eigenvalue weighted by atomic mass is 16.6. The Morgan fingerprint density at radius 2 is 2.14 bits per heavy atom. The topological polar surface area (TPSA) is 88.3 Å². The Kier molecular flexibility index (Phi) is 3.63. The minimum atomic E-state index is -0.293. The average Bonchev–Trinajstić information content (AvgIpc) is 2.99. The number of carbonyl (C=O) groups excluding carboxylic acids is 1.